The summed E-state index contributed by atoms with van der Waals surface area (Å²) in [6.45, 7) is 3.81. The van der Waals surface area contributed by atoms with E-state index >= 15 is 0 Å². The van der Waals surface area contributed by atoms with Gasteiger partial charge < -0.3 is 15.0 Å². The van der Waals surface area contributed by atoms with Gasteiger partial charge >= 0.3 is 0 Å². The van der Waals surface area contributed by atoms with E-state index in [1.807, 2.05) is 48.6 Å². The van der Waals surface area contributed by atoms with E-state index in [4.69, 9.17) is 4.74 Å². The Morgan fingerprint density at radius 3 is 2.35 bits per heavy atom. The van der Waals surface area contributed by atoms with Gasteiger partial charge in [-0.3, -0.25) is 0 Å². The molecule has 0 aliphatic rings. The number of anilines is 2. The SMILES string of the molecule is CCNCc1cnc(N(C)c2ccc(OC)cc2)nc1. The number of hydrogen-bond acceptors (Lipinski definition) is 5. The van der Waals surface area contributed by atoms with Crippen LogP contribution >= 0.6 is 0 Å². The highest BCUT2D eigenvalue weighted by atomic mass is 16.5. The predicted molar refractivity (Wildman–Crippen MR) is 80.5 cm³/mol. The van der Waals surface area contributed by atoms with Gasteiger partial charge in [0.2, 0.25) is 5.95 Å². The van der Waals surface area contributed by atoms with Crippen molar-refractivity contribution in [2.45, 2.75) is 13.5 Å². The molecule has 0 aliphatic heterocycles. The number of benzene rings is 1. The van der Waals surface area contributed by atoms with E-state index in [9.17, 15) is 0 Å². The molecule has 0 bridgehead atoms. The molecule has 106 valence electrons. The van der Waals surface area contributed by atoms with Crippen molar-refractivity contribution in [3.63, 3.8) is 0 Å². The van der Waals surface area contributed by atoms with Gasteiger partial charge in [0.05, 0.1) is 7.11 Å². The first-order valence-corrected chi connectivity index (χ1v) is 6.64. The fourth-order valence-corrected chi connectivity index (χ4v) is 1.80. The van der Waals surface area contributed by atoms with Gasteiger partial charge in [-0.1, -0.05) is 6.92 Å². The average molecular weight is 272 g/mol. The lowest BCUT2D eigenvalue weighted by Gasteiger charge is -2.17. The molecule has 0 aliphatic carbocycles. The molecule has 1 aromatic heterocycles. The normalized spacial score (nSPS) is 10.3. The number of rotatable bonds is 6. The van der Waals surface area contributed by atoms with E-state index < -0.39 is 0 Å². The van der Waals surface area contributed by atoms with Gasteiger partial charge in [0.1, 0.15) is 5.75 Å². The second-order valence-electron chi connectivity index (χ2n) is 4.43. The molecular weight excluding hydrogens is 252 g/mol. The molecule has 5 nitrogen and oxygen atoms in total. The lowest BCUT2D eigenvalue weighted by atomic mass is 10.3. The van der Waals surface area contributed by atoms with Crippen molar-refractivity contribution < 1.29 is 4.74 Å². The van der Waals surface area contributed by atoms with Crippen LogP contribution in [0, 0.1) is 0 Å². The summed E-state index contributed by atoms with van der Waals surface area (Å²) in [5, 5.41) is 3.25. The van der Waals surface area contributed by atoms with Gasteiger partial charge in [0.15, 0.2) is 0 Å². The maximum atomic E-state index is 5.15. The Kier molecular flexibility index (Phi) is 4.90. The monoisotopic (exact) mass is 272 g/mol. The van der Waals surface area contributed by atoms with Crippen molar-refractivity contribution in [3.05, 3.63) is 42.2 Å². The summed E-state index contributed by atoms with van der Waals surface area (Å²) in [5.74, 6) is 1.51. The van der Waals surface area contributed by atoms with Crippen LogP contribution in [0.4, 0.5) is 11.6 Å². The molecule has 0 fully saturated rings. The zero-order chi connectivity index (χ0) is 14.4. The van der Waals surface area contributed by atoms with Crippen LogP contribution in [0.25, 0.3) is 0 Å². The zero-order valence-electron chi connectivity index (χ0n) is 12.1. The number of aromatic nitrogens is 2. The zero-order valence-corrected chi connectivity index (χ0v) is 12.1. The lowest BCUT2D eigenvalue weighted by Crippen LogP contribution is -2.15. The summed E-state index contributed by atoms with van der Waals surface area (Å²) in [6, 6.07) is 7.81. The van der Waals surface area contributed by atoms with Crippen LogP contribution in [0.1, 0.15) is 12.5 Å². The standard InChI is InChI=1S/C15H20N4O/c1-4-16-9-12-10-17-15(18-11-12)19(2)13-5-7-14(20-3)8-6-13/h5-8,10-11,16H,4,9H2,1-3H3. The van der Waals surface area contributed by atoms with Crippen molar-refractivity contribution in [1.29, 1.82) is 0 Å². The third kappa shape index (κ3) is 3.45. The number of hydrogen-bond donors (Lipinski definition) is 1. The van der Waals surface area contributed by atoms with Crippen molar-refractivity contribution >= 4 is 11.6 Å². The third-order valence-corrected chi connectivity index (χ3v) is 3.03. The predicted octanol–water partition coefficient (Wildman–Crippen LogP) is 2.36. The summed E-state index contributed by atoms with van der Waals surface area (Å²) in [5.41, 5.74) is 2.10. The Labute approximate surface area is 119 Å². The molecule has 1 N–H and O–H groups in total. The van der Waals surface area contributed by atoms with Gasteiger partial charge in [-0.05, 0) is 30.8 Å². The van der Waals surface area contributed by atoms with E-state index in [1.54, 1.807) is 7.11 Å². The molecule has 2 rings (SSSR count). The molecule has 5 heteroatoms. The van der Waals surface area contributed by atoms with E-state index in [0.717, 1.165) is 30.1 Å². The van der Waals surface area contributed by atoms with Crippen molar-refractivity contribution in [2.24, 2.45) is 0 Å². The van der Waals surface area contributed by atoms with E-state index in [-0.39, 0.29) is 0 Å². The van der Waals surface area contributed by atoms with Crippen molar-refractivity contribution in [2.75, 3.05) is 25.6 Å². The largest absolute Gasteiger partial charge is 0.497 e. The van der Waals surface area contributed by atoms with E-state index in [1.165, 1.54) is 0 Å². The fraction of sp³-hybridized carbons (Fsp3) is 0.333. The fourth-order valence-electron chi connectivity index (χ4n) is 1.80. The third-order valence-electron chi connectivity index (χ3n) is 3.03. The second-order valence-corrected chi connectivity index (χ2v) is 4.43. The molecule has 0 saturated carbocycles. The summed E-state index contributed by atoms with van der Waals surface area (Å²) < 4.78 is 5.15. The molecule has 0 saturated heterocycles. The van der Waals surface area contributed by atoms with Crippen LogP contribution < -0.4 is 15.0 Å². The molecule has 0 amide bonds. The van der Waals surface area contributed by atoms with Gasteiger partial charge in [-0.2, -0.15) is 0 Å². The summed E-state index contributed by atoms with van der Waals surface area (Å²) in [6.07, 6.45) is 3.70. The van der Waals surface area contributed by atoms with E-state index in [0.29, 0.717) is 5.95 Å². The van der Waals surface area contributed by atoms with Gasteiger partial charge in [0, 0.05) is 37.2 Å². The van der Waals surface area contributed by atoms with Gasteiger partial charge in [-0.25, -0.2) is 9.97 Å². The van der Waals surface area contributed by atoms with Crippen LogP contribution in [0.5, 0.6) is 5.75 Å². The molecule has 20 heavy (non-hydrogen) atoms. The first-order valence-electron chi connectivity index (χ1n) is 6.64. The Balaban J connectivity index is 2.09. The first-order chi connectivity index (χ1) is 9.74. The van der Waals surface area contributed by atoms with Crippen LogP contribution in [-0.2, 0) is 6.54 Å². The topological polar surface area (TPSA) is 50.3 Å². The Morgan fingerprint density at radius 1 is 1.15 bits per heavy atom. The Bertz CT molecular complexity index is 525. The number of ether oxygens (including phenoxy) is 1. The first kappa shape index (κ1) is 14.3. The highest BCUT2D eigenvalue weighted by Gasteiger charge is 2.07. The molecule has 0 spiro atoms. The van der Waals surface area contributed by atoms with Gasteiger partial charge in [-0.15, -0.1) is 0 Å². The van der Waals surface area contributed by atoms with Crippen LogP contribution in [0.3, 0.4) is 0 Å². The highest BCUT2D eigenvalue weighted by molar-refractivity contribution is 5.57. The van der Waals surface area contributed by atoms with Crippen molar-refractivity contribution in [3.8, 4) is 5.75 Å². The minimum atomic E-state index is 0.676. The smallest absolute Gasteiger partial charge is 0.229 e. The lowest BCUT2D eigenvalue weighted by molar-refractivity contribution is 0.415. The number of nitrogens with zero attached hydrogens (tertiary/aromatic N) is 3. The minimum absolute atomic E-state index is 0.676. The molecule has 1 aromatic carbocycles. The van der Waals surface area contributed by atoms with E-state index in [2.05, 4.69) is 22.2 Å². The summed E-state index contributed by atoms with van der Waals surface area (Å²) in [7, 11) is 3.60. The molecule has 0 unspecified atom stereocenters. The second kappa shape index (κ2) is 6.86. The molecular formula is C15H20N4O. The number of methoxy groups -OCH3 is 1. The van der Waals surface area contributed by atoms with Crippen LogP contribution in [0.15, 0.2) is 36.7 Å². The minimum Gasteiger partial charge on any atom is -0.497 e. The highest BCUT2D eigenvalue weighted by Crippen LogP contribution is 2.22. The van der Waals surface area contributed by atoms with Gasteiger partial charge in [0.25, 0.3) is 0 Å². The molecule has 0 radical (unpaired) electrons. The quantitative estimate of drug-likeness (QED) is 0.875. The Hall–Kier alpha value is -2.14. The maximum absolute atomic E-state index is 5.15. The maximum Gasteiger partial charge on any atom is 0.229 e. The average Bonchev–Trinajstić information content (AvgIpc) is 2.53. The number of nitrogens with one attached hydrogen (secondary N) is 1. The Morgan fingerprint density at radius 2 is 1.80 bits per heavy atom. The van der Waals surface area contributed by atoms with Crippen molar-refractivity contribution in [1.82, 2.24) is 15.3 Å². The van der Waals surface area contributed by atoms with Crippen LogP contribution in [-0.4, -0.2) is 30.7 Å². The molecule has 0 atom stereocenters. The molecule has 1 heterocycles. The van der Waals surface area contributed by atoms with Crippen LogP contribution in [0.2, 0.25) is 0 Å². The summed E-state index contributed by atoms with van der Waals surface area (Å²) >= 11 is 0. The summed E-state index contributed by atoms with van der Waals surface area (Å²) in [4.78, 5) is 10.7. The molecule has 2 aromatic rings.